The summed E-state index contributed by atoms with van der Waals surface area (Å²) in [4.78, 5) is 17.9. The molecule has 9 heteroatoms. The van der Waals surface area contributed by atoms with Crippen molar-refractivity contribution in [1.82, 2.24) is 20.6 Å². The fourth-order valence-electron chi connectivity index (χ4n) is 4.39. The van der Waals surface area contributed by atoms with Gasteiger partial charge in [-0.1, -0.05) is 19.1 Å². The number of aromatic nitrogens is 2. The third kappa shape index (κ3) is 5.34. The molecule has 1 aromatic heterocycles. The molecule has 2 unspecified atom stereocenters. The van der Waals surface area contributed by atoms with Crippen LogP contribution in [0.1, 0.15) is 57.9 Å². The molecule has 2 bridgehead atoms. The number of ether oxygens (including phenoxy) is 1. The quantitative estimate of drug-likeness (QED) is 0.383. The van der Waals surface area contributed by atoms with Crippen molar-refractivity contribution in [2.45, 2.75) is 70.9 Å². The van der Waals surface area contributed by atoms with Crippen molar-refractivity contribution in [3.63, 3.8) is 0 Å². The maximum absolute atomic E-state index is 6.10. The lowest BCUT2D eigenvalue weighted by Gasteiger charge is -2.21. The van der Waals surface area contributed by atoms with E-state index in [0.717, 1.165) is 54.3 Å². The van der Waals surface area contributed by atoms with E-state index in [2.05, 4.69) is 60.3 Å². The molecular weight excluding hydrogens is 404 g/mol. The van der Waals surface area contributed by atoms with Crippen LogP contribution in [0.25, 0.3) is 0 Å². The second kappa shape index (κ2) is 10.7. The average Bonchev–Trinajstić information content (AvgIpc) is 3.25. The number of fused-ring (bicyclic) bond motifs is 3. The molecule has 32 heavy (non-hydrogen) atoms. The highest BCUT2D eigenvalue weighted by atomic mass is 16.5. The molecule has 0 amide bonds. The molecule has 1 aromatic rings. The molecule has 0 radical (unpaired) electrons. The van der Waals surface area contributed by atoms with Crippen molar-refractivity contribution in [1.29, 1.82) is 0 Å². The van der Waals surface area contributed by atoms with E-state index in [1.807, 2.05) is 13.8 Å². The van der Waals surface area contributed by atoms with Crippen molar-refractivity contribution in [3.05, 3.63) is 35.4 Å². The number of allylic oxidation sites excluding steroid dienone is 1. The highest BCUT2D eigenvalue weighted by Gasteiger charge is 2.30. The largest absolute Gasteiger partial charge is 0.366 e. The smallest absolute Gasteiger partial charge is 0.146 e. The molecule has 0 aliphatic carbocycles. The highest BCUT2D eigenvalue weighted by Crippen LogP contribution is 2.37. The topological polar surface area (TPSA) is 108 Å². The summed E-state index contributed by atoms with van der Waals surface area (Å²) in [5, 5.41) is 13.5. The maximum atomic E-state index is 6.10. The van der Waals surface area contributed by atoms with Crippen LogP contribution in [0.3, 0.4) is 0 Å². The molecule has 0 saturated carbocycles. The van der Waals surface area contributed by atoms with Crippen molar-refractivity contribution < 1.29 is 4.74 Å². The Morgan fingerprint density at radius 2 is 2.03 bits per heavy atom. The van der Waals surface area contributed by atoms with E-state index in [0.29, 0.717) is 25.1 Å². The minimum Gasteiger partial charge on any atom is -0.366 e. The van der Waals surface area contributed by atoms with Gasteiger partial charge in [0.25, 0.3) is 0 Å². The lowest BCUT2D eigenvalue weighted by atomic mass is 9.94. The van der Waals surface area contributed by atoms with Gasteiger partial charge in [0.05, 0.1) is 18.1 Å². The van der Waals surface area contributed by atoms with E-state index >= 15 is 0 Å². The number of hydrogen-bond acceptors (Lipinski definition) is 9. The van der Waals surface area contributed by atoms with Crippen LogP contribution in [0, 0.1) is 0 Å². The SMILES string of the molecule is CC=NC1=C(C)NC=NC1NC/C=C/CNc1ncnc2c1C(C)CC[C@@H]1CC[C@H](N2)O1. The Balaban J connectivity index is 1.33. The first kappa shape index (κ1) is 22.4. The van der Waals surface area contributed by atoms with Gasteiger partial charge in [-0.25, -0.2) is 9.97 Å². The van der Waals surface area contributed by atoms with Gasteiger partial charge < -0.3 is 20.7 Å². The highest BCUT2D eigenvalue weighted by molar-refractivity contribution is 5.63. The molecule has 4 rings (SSSR count). The molecule has 4 N–H and O–H groups in total. The average molecular weight is 439 g/mol. The number of aliphatic imine (C=N–C) groups is 2. The Morgan fingerprint density at radius 1 is 1.19 bits per heavy atom. The van der Waals surface area contributed by atoms with Crippen LogP contribution < -0.4 is 21.3 Å². The normalized spacial score (nSPS) is 27.6. The van der Waals surface area contributed by atoms with E-state index in [1.54, 1.807) is 18.9 Å². The van der Waals surface area contributed by atoms with Gasteiger partial charge in [0, 0.05) is 30.6 Å². The Bertz CT molecular complexity index is 909. The number of anilines is 2. The Kier molecular flexibility index (Phi) is 7.49. The van der Waals surface area contributed by atoms with Gasteiger partial charge in [-0.2, -0.15) is 0 Å². The maximum Gasteiger partial charge on any atom is 0.146 e. The zero-order chi connectivity index (χ0) is 22.3. The molecule has 1 fully saturated rings. The summed E-state index contributed by atoms with van der Waals surface area (Å²) in [5.41, 5.74) is 3.08. The third-order valence-corrected chi connectivity index (χ3v) is 6.10. The molecule has 1 saturated heterocycles. The predicted octanol–water partition coefficient (Wildman–Crippen LogP) is 3.13. The van der Waals surface area contributed by atoms with Gasteiger partial charge >= 0.3 is 0 Å². The number of rotatable bonds is 7. The first-order valence-corrected chi connectivity index (χ1v) is 11.5. The summed E-state index contributed by atoms with van der Waals surface area (Å²) < 4.78 is 6.10. The third-order valence-electron chi connectivity index (χ3n) is 6.10. The van der Waals surface area contributed by atoms with E-state index in [-0.39, 0.29) is 12.4 Å². The van der Waals surface area contributed by atoms with E-state index < -0.39 is 0 Å². The fraction of sp³-hybridized carbons (Fsp3) is 0.565. The van der Waals surface area contributed by atoms with Crippen molar-refractivity contribution >= 4 is 24.2 Å². The van der Waals surface area contributed by atoms with Crippen molar-refractivity contribution in [3.8, 4) is 0 Å². The number of nitrogens with zero attached hydrogens (tertiary/aromatic N) is 4. The van der Waals surface area contributed by atoms with E-state index in [9.17, 15) is 0 Å². The summed E-state index contributed by atoms with van der Waals surface area (Å²) in [5.74, 6) is 2.15. The molecule has 3 aliphatic heterocycles. The molecule has 9 nitrogen and oxygen atoms in total. The van der Waals surface area contributed by atoms with E-state index in [1.165, 1.54) is 0 Å². The molecule has 3 aliphatic rings. The second-order valence-corrected chi connectivity index (χ2v) is 8.41. The zero-order valence-corrected chi connectivity index (χ0v) is 19.1. The van der Waals surface area contributed by atoms with Gasteiger partial charge in [0.15, 0.2) is 0 Å². The lowest BCUT2D eigenvalue weighted by molar-refractivity contribution is 0.0547. The Labute approximate surface area is 190 Å². The van der Waals surface area contributed by atoms with Crippen molar-refractivity contribution in [2.75, 3.05) is 23.7 Å². The summed E-state index contributed by atoms with van der Waals surface area (Å²) in [6.45, 7) is 7.54. The van der Waals surface area contributed by atoms with Crippen LogP contribution in [-0.2, 0) is 4.74 Å². The number of hydrogen-bond donors (Lipinski definition) is 4. The first-order valence-electron chi connectivity index (χ1n) is 11.5. The second-order valence-electron chi connectivity index (χ2n) is 8.41. The van der Waals surface area contributed by atoms with Gasteiger partial charge in [-0.15, -0.1) is 0 Å². The minimum atomic E-state index is -0.139. The van der Waals surface area contributed by atoms with Crippen LogP contribution in [0.2, 0.25) is 0 Å². The van der Waals surface area contributed by atoms with Crippen molar-refractivity contribution in [2.24, 2.45) is 9.98 Å². The van der Waals surface area contributed by atoms with Crippen LogP contribution in [-0.4, -0.2) is 54.1 Å². The molecule has 4 atom stereocenters. The number of nitrogens with one attached hydrogen (secondary N) is 4. The monoisotopic (exact) mass is 438 g/mol. The van der Waals surface area contributed by atoms with Gasteiger partial charge in [0.2, 0.25) is 0 Å². The zero-order valence-electron chi connectivity index (χ0n) is 19.1. The van der Waals surface area contributed by atoms with E-state index in [4.69, 9.17) is 4.74 Å². The summed E-state index contributed by atoms with van der Waals surface area (Å²) >= 11 is 0. The first-order chi connectivity index (χ1) is 15.7. The van der Waals surface area contributed by atoms with Gasteiger partial charge in [-0.3, -0.25) is 15.3 Å². The van der Waals surface area contributed by atoms with Gasteiger partial charge in [-0.05, 0) is 45.4 Å². The minimum absolute atomic E-state index is 0.0510. The fourth-order valence-corrected chi connectivity index (χ4v) is 4.39. The standard InChI is InChI=1S/C23H34N8O/c1-4-24-20-16(3)27-13-30-23(20)26-12-6-5-11-25-21-19-15(2)7-8-17-9-10-18(32-17)31-22(19)29-14-28-21/h4-6,13-15,17-18,23,26H,7-12H2,1-3H3,(H,27,30)(H2,25,28,29,31)/b6-5+,24-4?/t15?,17-,18-,23?/m1/s1. The molecule has 0 spiro atoms. The van der Waals surface area contributed by atoms with Gasteiger partial charge in [0.1, 0.15) is 30.4 Å². The molecule has 0 aromatic carbocycles. The molecule has 172 valence electrons. The van der Waals surface area contributed by atoms with Crippen LogP contribution >= 0.6 is 0 Å². The summed E-state index contributed by atoms with van der Waals surface area (Å²) in [6.07, 6.45) is 13.9. The van der Waals surface area contributed by atoms with Crippen LogP contribution in [0.15, 0.2) is 39.9 Å². The Morgan fingerprint density at radius 3 is 2.91 bits per heavy atom. The van der Waals surface area contributed by atoms with Crippen LogP contribution in [0.5, 0.6) is 0 Å². The predicted molar refractivity (Wildman–Crippen MR) is 129 cm³/mol. The summed E-state index contributed by atoms with van der Waals surface area (Å²) in [6, 6.07) is 0. The van der Waals surface area contributed by atoms with Crippen LogP contribution in [0.4, 0.5) is 11.6 Å². The summed E-state index contributed by atoms with van der Waals surface area (Å²) in [7, 11) is 0. The lowest BCUT2D eigenvalue weighted by Crippen LogP contribution is -2.35. The Hall–Kier alpha value is -2.78. The molecule has 4 heterocycles. The molecular formula is C23H34N8O.